The fourth-order valence-corrected chi connectivity index (χ4v) is 7.82. The standard InChI is InChI=1S/C40H52Si/c1-28(2)13-32-16-31(7)17-35(18-32)22-36-19-33(14-29(3)4)20-37(23-36)24-38-21-34(15-30(5)6)25-39(26-38)27-41-40-11-9-8-10-12-40/h8-12,16-21,23,25-26,28-30H,13-15,22,24,27,41H2,1-7H3. The zero-order valence-electron chi connectivity index (χ0n) is 26.8. The van der Waals surface area contributed by atoms with Crippen molar-refractivity contribution in [2.75, 3.05) is 0 Å². The van der Waals surface area contributed by atoms with E-state index >= 15 is 0 Å². The minimum absolute atomic E-state index is 0.313. The Labute approximate surface area is 253 Å². The number of hydrogen-bond donors (Lipinski definition) is 0. The van der Waals surface area contributed by atoms with Gasteiger partial charge >= 0.3 is 0 Å². The van der Waals surface area contributed by atoms with Crippen LogP contribution in [0.5, 0.6) is 0 Å². The molecule has 0 saturated heterocycles. The van der Waals surface area contributed by atoms with E-state index in [1.807, 2.05) is 0 Å². The molecule has 41 heavy (non-hydrogen) atoms. The monoisotopic (exact) mass is 560 g/mol. The van der Waals surface area contributed by atoms with Crippen molar-refractivity contribution < 1.29 is 0 Å². The topological polar surface area (TPSA) is 0 Å². The third kappa shape index (κ3) is 10.5. The molecule has 1 heteroatoms. The molecule has 0 atom stereocenters. The van der Waals surface area contributed by atoms with Crippen molar-refractivity contribution in [2.24, 2.45) is 17.8 Å². The minimum Gasteiger partial charge on any atom is -0.0666 e. The molecule has 0 saturated carbocycles. The highest BCUT2D eigenvalue weighted by Crippen LogP contribution is 2.23. The maximum absolute atomic E-state index is 2.51. The van der Waals surface area contributed by atoms with Crippen LogP contribution in [0, 0.1) is 24.7 Å². The smallest absolute Gasteiger partial charge is 0.0590 e. The van der Waals surface area contributed by atoms with Crippen LogP contribution in [0.2, 0.25) is 0 Å². The summed E-state index contributed by atoms with van der Waals surface area (Å²) in [4.78, 5) is 0. The Morgan fingerprint density at radius 3 is 1.32 bits per heavy atom. The Morgan fingerprint density at radius 1 is 0.463 bits per heavy atom. The Kier molecular flexibility index (Phi) is 11.2. The van der Waals surface area contributed by atoms with Crippen molar-refractivity contribution in [2.45, 2.75) is 86.6 Å². The lowest BCUT2D eigenvalue weighted by atomic mass is 9.91. The highest BCUT2D eigenvalue weighted by Gasteiger charge is 2.10. The van der Waals surface area contributed by atoms with Crippen LogP contribution in [0.15, 0.2) is 84.9 Å². The normalized spacial score (nSPS) is 12.0. The molecule has 0 fully saturated rings. The van der Waals surface area contributed by atoms with Gasteiger partial charge in [0, 0.05) is 0 Å². The summed E-state index contributed by atoms with van der Waals surface area (Å²) in [6.45, 7) is 16.2. The van der Waals surface area contributed by atoms with E-state index in [2.05, 4.69) is 133 Å². The lowest BCUT2D eigenvalue weighted by Gasteiger charge is -2.15. The summed E-state index contributed by atoms with van der Waals surface area (Å²) in [5.74, 6) is 2.00. The second-order valence-corrected chi connectivity index (χ2v) is 15.6. The molecule has 4 rings (SSSR count). The van der Waals surface area contributed by atoms with Crippen LogP contribution in [0.4, 0.5) is 0 Å². The van der Waals surface area contributed by atoms with Crippen LogP contribution < -0.4 is 5.19 Å². The molecule has 4 aromatic carbocycles. The SMILES string of the molecule is Cc1cc(Cc2cc(Cc3cc(C[SiH2]c4ccccc4)cc(CC(C)C)c3)cc(CC(C)C)c2)cc(CC(C)C)c1. The van der Waals surface area contributed by atoms with Crippen LogP contribution in [0.1, 0.15) is 91.6 Å². The lowest BCUT2D eigenvalue weighted by molar-refractivity contribution is 0.646. The van der Waals surface area contributed by atoms with Gasteiger partial charge in [-0.3, -0.25) is 0 Å². The van der Waals surface area contributed by atoms with Gasteiger partial charge in [-0.2, -0.15) is 0 Å². The molecule has 4 aromatic rings. The summed E-state index contributed by atoms with van der Waals surface area (Å²) in [6.07, 6.45) is 5.45. The molecule has 0 aliphatic carbocycles. The number of rotatable bonds is 13. The summed E-state index contributed by atoms with van der Waals surface area (Å²) in [6, 6.07) is 34.5. The lowest BCUT2D eigenvalue weighted by Crippen LogP contribution is -2.16. The van der Waals surface area contributed by atoms with Crippen LogP contribution in [0.25, 0.3) is 0 Å². The van der Waals surface area contributed by atoms with E-state index in [1.54, 1.807) is 5.19 Å². The zero-order chi connectivity index (χ0) is 29.4. The number of aryl methyl sites for hydroxylation is 1. The van der Waals surface area contributed by atoms with Gasteiger partial charge in [0.05, 0.1) is 9.52 Å². The quantitative estimate of drug-likeness (QED) is 0.143. The fraction of sp³-hybridized carbons (Fsp3) is 0.400. The maximum Gasteiger partial charge on any atom is 0.0590 e. The van der Waals surface area contributed by atoms with Crippen LogP contribution in [-0.2, 0) is 38.1 Å². The van der Waals surface area contributed by atoms with Gasteiger partial charge in [-0.05, 0) is 102 Å². The first kappa shape index (κ1) is 31.0. The largest absolute Gasteiger partial charge is 0.0666 e. The van der Waals surface area contributed by atoms with Gasteiger partial charge in [-0.1, -0.05) is 143 Å². The average molecular weight is 561 g/mol. The van der Waals surface area contributed by atoms with Gasteiger partial charge in [-0.25, -0.2) is 0 Å². The molecular formula is C40H52Si. The van der Waals surface area contributed by atoms with E-state index < -0.39 is 0 Å². The van der Waals surface area contributed by atoms with E-state index in [0.29, 0.717) is 17.8 Å². The predicted molar refractivity (Wildman–Crippen MR) is 184 cm³/mol. The van der Waals surface area contributed by atoms with Crippen LogP contribution in [0.3, 0.4) is 0 Å². The summed E-state index contributed by atoms with van der Waals surface area (Å²) in [7, 11) is -0.313. The Morgan fingerprint density at radius 2 is 0.829 bits per heavy atom. The third-order valence-electron chi connectivity index (χ3n) is 7.72. The van der Waals surface area contributed by atoms with Crippen molar-refractivity contribution in [1.82, 2.24) is 0 Å². The molecule has 0 aliphatic heterocycles. The van der Waals surface area contributed by atoms with Crippen molar-refractivity contribution >= 4 is 14.7 Å². The molecule has 0 heterocycles. The highest BCUT2D eigenvalue weighted by molar-refractivity contribution is 6.52. The maximum atomic E-state index is 2.51. The van der Waals surface area contributed by atoms with E-state index in [4.69, 9.17) is 0 Å². The van der Waals surface area contributed by atoms with Crippen molar-refractivity contribution in [3.63, 3.8) is 0 Å². The summed E-state index contributed by atoms with van der Waals surface area (Å²) < 4.78 is 0. The van der Waals surface area contributed by atoms with Gasteiger partial charge in [0.1, 0.15) is 0 Å². The van der Waals surface area contributed by atoms with E-state index in [9.17, 15) is 0 Å². The molecule has 0 amide bonds. The molecule has 0 bridgehead atoms. The first-order chi connectivity index (χ1) is 19.6. The molecular weight excluding hydrogens is 509 g/mol. The Balaban J connectivity index is 1.62. The van der Waals surface area contributed by atoms with Crippen molar-refractivity contribution in [3.05, 3.63) is 135 Å². The summed E-state index contributed by atoms with van der Waals surface area (Å²) in [5.41, 5.74) is 13.2. The predicted octanol–water partition coefficient (Wildman–Crippen LogP) is 8.77. The van der Waals surface area contributed by atoms with Gasteiger partial charge in [0.15, 0.2) is 0 Å². The summed E-state index contributed by atoms with van der Waals surface area (Å²) >= 11 is 0. The van der Waals surface area contributed by atoms with E-state index in [0.717, 1.165) is 32.1 Å². The minimum atomic E-state index is -0.313. The number of hydrogen-bond acceptors (Lipinski definition) is 0. The fourth-order valence-electron chi connectivity index (χ4n) is 6.35. The molecule has 0 aliphatic rings. The zero-order valence-corrected chi connectivity index (χ0v) is 28.2. The number of benzene rings is 4. The second-order valence-electron chi connectivity index (χ2n) is 13.8. The van der Waals surface area contributed by atoms with Gasteiger partial charge in [0.2, 0.25) is 0 Å². The Bertz CT molecular complexity index is 1390. The van der Waals surface area contributed by atoms with Crippen molar-refractivity contribution in [1.29, 1.82) is 0 Å². The van der Waals surface area contributed by atoms with Crippen LogP contribution in [-0.4, -0.2) is 9.52 Å². The van der Waals surface area contributed by atoms with Gasteiger partial charge in [-0.15, -0.1) is 0 Å². The molecule has 0 spiro atoms. The highest BCUT2D eigenvalue weighted by atomic mass is 28.2. The molecule has 0 aromatic heterocycles. The second kappa shape index (κ2) is 14.8. The van der Waals surface area contributed by atoms with E-state index in [1.165, 1.54) is 56.1 Å². The molecule has 0 N–H and O–H groups in total. The first-order valence-electron chi connectivity index (χ1n) is 16.0. The third-order valence-corrected chi connectivity index (χ3v) is 9.59. The van der Waals surface area contributed by atoms with E-state index in [-0.39, 0.29) is 9.52 Å². The molecule has 0 unspecified atom stereocenters. The van der Waals surface area contributed by atoms with Gasteiger partial charge < -0.3 is 0 Å². The average Bonchev–Trinajstić information content (AvgIpc) is 2.86. The first-order valence-corrected chi connectivity index (χ1v) is 17.7. The van der Waals surface area contributed by atoms with Crippen LogP contribution >= 0.6 is 0 Å². The Hall–Kier alpha value is -2.90. The molecule has 0 nitrogen and oxygen atoms in total. The molecule has 216 valence electrons. The summed E-state index contributed by atoms with van der Waals surface area (Å²) in [5, 5.41) is 1.56. The van der Waals surface area contributed by atoms with Gasteiger partial charge in [0.25, 0.3) is 0 Å². The van der Waals surface area contributed by atoms with Crippen molar-refractivity contribution in [3.8, 4) is 0 Å². The molecule has 0 radical (unpaired) electrons.